The fraction of sp³-hybridized carbons (Fsp3) is 0.286. The Morgan fingerprint density at radius 3 is 2.95 bits per heavy atom. The number of aromatic nitrogens is 1. The van der Waals surface area contributed by atoms with Gasteiger partial charge >= 0.3 is 0 Å². The Morgan fingerprint density at radius 1 is 1.35 bits per heavy atom. The van der Waals surface area contributed by atoms with Gasteiger partial charge in [-0.25, -0.2) is 4.98 Å². The molecule has 0 bridgehead atoms. The summed E-state index contributed by atoms with van der Waals surface area (Å²) < 4.78 is 10.7. The third kappa shape index (κ3) is 2.45. The van der Waals surface area contributed by atoms with Gasteiger partial charge in [-0.05, 0) is 30.0 Å². The van der Waals surface area contributed by atoms with Crippen molar-refractivity contribution in [2.24, 2.45) is 5.73 Å². The molecule has 1 aliphatic rings. The molecule has 2 heterocycles. The number of hydrogen-bond acceptors (Lipinski definition) is 5. The SMILES string of the molecule is NC(=O)CCCNc1nccc2cc3c(cc12)OCO3. The zero-order chi connectivity index (χ0) is 13.9. The minimum Gasteiger partial charge on any atom is -0.454 e. The first-order valence-corrected chi connectivity index (χ1v) is 6.44. The van der Waals surface area contributed by atoms with Crippen molar-refractivity contribution in [2.75, 3.05) is 18.7 Å². The average Bonchev–Trinajstić information content (AvgIpc) is 2.88. The van der Waals surface area contributed by atoms with Crippen molar-refractivity contribution in [2.45, 2.75) is 12.8 Å². The van der Waals surface area contributed by atoms with Crippen LogP contribution in [0, 0.1) is 0 Å². The molecule has 3 rings (SSSR count). The predicted octanol–water partition coefficient (Wildman–Crippen LogP) is 1.64. The molecule has 0 atom stereocenters. The maximum atomic E-state index is 10.7. The van der Waals surface area contributed by atoms with E-state index in [1.165, 1.54) is 0 Å². The molecule has 6 nitrogen and oxygen atoms in total. The lowest BCUT2D eigenvalue weighted by molar-refractivity contribution is -0.118. The van der Waals surface area contributed by atoms with Crippen LogP contribution in [0.1, 0.15) is 12.8 Å². The number of rotatable bonds is 5. The number of primary amides is 1. The van der Waals surface area contributed by atoms with E-state index in [0.29, 0.717) is 19.4 Å². The normalized spacial score (nSPS) is 12.6. The second-order valence-electron chi connectivity index (χ2n) is 4.58. The van der Waals surface area contributed by atoms with E-state index < -0.39 is 0 Å². The van der Waals surface area contributed by atoms with E-state index in [4.69, 9.17) is 15.2 Å². The van der Waals surface area contributed by atoms with Gasteiger partial charge in [0.15, 0.2) is 11.5 Å². The summed E-state index contributed by atoms with van der Waals surface area (Å²) in [6.07, 6.45) is 2.78. The molecule has 20 heavy (non-hydrogen) atoms. The Labute approximate surface area is 115 Å². The Bertz CT molecular complexity index is 657. The highest BCUT2D eigenvalue weighted by atomic mass is 16.7. The van der Waals surface area contributed by atoms with Crippen LogP contribution in [-0.2, 0) is 4.79 Å². The van der Waals surface area contributed by atoms with E-state index in [2.05, 4.69) is 10.3 Å². The monoisotopic (exact) mass is 273 g/mol. The highest BCUT2D eigenvalue weighted by molar-refractivity contribution is 5.94. The van der Waals surface area contributed by atoms with E-state index in [1.807, 2.05) is 18.2 Å². The Morgan fingerprint density at radius 2 is 2.15 bits per heavy atom. The number of carbonyl (C=O) groups is 1. The Hall–Kier alpha value is -2.50. The lowest BCUT2D eigenvalue weighted by Crippen LogP contribution is -2.13. The summed E-state index contributed by atoms with van der Waals surface area (Å²) >= 11 is 0. The first-order chi connectivity index (χ1) is 9.74. The maximum absolute atomic E-state index is 10.7. The van der Waals surface area contributed by atoms with Gasteiger partial charge in [0.05, 0.1) is 0 Å². The molecule has 0 fully saturated rings. The highest BCUT2D eigenvalue weighted by Gasteiger charge is 2.15. The van der Waals surface area contributed by atoms with Crippen LogP contribution in [0.5, 0.6) is 11.5 Å². The molecular formula is C14H15N3O3. The van der Waals surface area contributed by atoms with Gasteiger partial charge in [0.1, 0.15) is 5.82 Å². The molecular weight excluding hydrogens is 258 g/mol. The number of amides is 1. The number of benzene rings is 1. The van der Waals surface area contributed by atoms with Crippen LogP contribution in [0.25, 0.3) is 10.8 Å². The second kappa shape index (κ2) is 5.24. The number of fused-ring (bicyclic) bond motifs is 2. The average molecular weight is 273 g/mol. The molecule has 0 saturated carbocycles. The van der Waals surface area contributed by atoms with E-state index in [0.717, 1.165) is 28.1 Å². The summed E-state index contributed by atoms with van der Waals surface area (Å²) in [5, 5.41) is 5.22. The molecule has 2 aromatic rings. The van der Waals surface area contributed by atoms with Crippen LogP contribution in [0.2, 0.25) is 0 Å². The maximum Gasteiger partial charge on any atom is 0.231 e. The van der Waals surface area contributed by atoms with Crippen molar-refractivity contribution >= 4 is 22.5 Å². The van der Waals surface area contributed by atoms with E-state index in [9.17, 15) is 4.79 Å². The number of nitrogens with two attached hydrogens (primary N) is 1. The minimum atomic E-state index is -0.291. The summed E-state index contributed by atoms with van der Waals surface area (Å²) in [5.74, 6) is 1.96. The van der Waals surface area contributed by atoms with Crippen LogP contribution in [0.15, 0.2) is 24.4 Å². The molecule has 1 aliphatic heterocycles. The van der Waals surface area contributed by atoms with Crippen LogP contribution in [0.3, 0.4) is 0 Å². The molecule has 0 unspecified atom stereocenters. The number of carbonyl (C=O) groups excluding carboxylic acids is 1. The van der Waals surface area contributed by atoms with Gasteiger partial charge in [0.25, 0.3) is 0 Å². The predicted molar refractivity (Wildman–Crippen MR) is 74.8 cm³/mol. The van der Waals surface area contributed by atoms with Crippen molar-refractivity contribution < 1.29 is 14.3 Å². The van der Waals surface area contributed by atoms with Gasteiger partial charge in [-0.2, -0.15) is 0 Å². The van der Waals surface area contributed by atoms with E-state index >= 15 is 0 Å². The Balaban J connectivity index is 1.82. The fourth-order valence-corrected chi connectivity index (χ4v) is 2.17. The Kier molecular flexibility index (Phi) is 3.28. The minimum absolute atomic E-state index is 0.250. The van der Waals surface area contributed by atoms with Crippen molar-refractivity contribution in [3.8, 4) is 11.5 Å². The zero-order valence-electron chi connectivity index (χ0n) is 10.9. The summed E-state index contributed by atoms with van der Waals surface area (Å²) in [4.78, 5) is 15.0. The smallest absolute Gasteiger partial charge is 0.231 e. The first-order valence-electron chi connectivity index (χ1n) is 6.44. The largest absolute Gasteiger partial charge is 0.454 e. The van der Waals surface area contributed by atoms with Gasteiger partial charge in [-0.1, -0.05) is 0 Å². The second-order valence-corrected chi connectivity index (χ2v) is 4.58. The van der Waals surface area contributed by atoms with Crippen molar-refractivity contribution in [1.82, 2.24) is 4.98 Å². The summed E-state index contributed by atoms with van der Waals surface area (Å²) in [6.45, 7) is 0.893. The van der Waals surface area contributed by atoms with Crippen LogP contribution in [0.4, 0.5) is 5.82 Å². The summed E-state index contributed by atoms with van der Waals surface area (Å²) in [6, 6.07) is 5.78. The van der Waals surface area contributed by atoms with Crippen LogP contribution < -0.4 is 20.5 Å². The van der Waals surface area contributed by atoms with Crippen molar-refractivity contribution in [1.29, 1.82) is 0 Å². The number of nitrogens with zero attached hydrogens (tertiary/aromatic N) is 1. The van der Waals surface area contributed by atoms with Crippen molar-refractivity contribution in [3.05, 3.63) is 24.4 Å². The topological polar surface area (TPSA) is 86.5 Å². The third-order valence-corrected chi connectivity index (χ3v) is 3.15. The zero-order valence-corrected chi connectivity index (χ0v) is 10.9. The van der Waals surface area contributed by atoms with Gasteiger partial charge < -0.3 is 20.5 Å². The molecule has 1 aromatic heterocycles. The molecule has 0 saturated heterocycles. The molecule has 0 radical (unpaired) electrons. The molecule has 0 spiro atoms. The van der Waals surface area contributed by atoms with Gasteiger partial charge in [-0.15, -0.1) is 0 Å². The molecule has 6 heteroatoms. The molecule has 104 valence electrons. The highest BCUT2D eigenvalue weighted by Crippen LogP contribution is 2.37. The standard InChI is InChI=1S/C14H15N3O3/c15-13(18)2-1-4-16-14-10-7-12-11(19-8-20-12)6-9(10)3-5-17-14/h3,5-7H,1-2,4,8H2,(H2,15,18)(H,16,17). The quantitative estimate of drug-likeness (QED) is 0.809. The van der Waals surface area contributed by atoms with Crippen molar-refractivity contribution in [3.63, 3.8) is 0 Å². The summed E-state index contributed by atoms with van der Waals surface area (Å²) in [5.41, 5.74) is 5.11. The number of hydrogen-bond donors (Lipinski definition) is 2. The van der Waals surface area contributed by atoms with Crippen LogP contribution >= 0.6 is 0 Å². The molecule has 3 N–H and O–H groups in total. The van der Waals surface area contributed by atoms with Gasteiger partial charge in [0, 0.05) is 24.5 Å². The fourth-order valence-electron chi connectivity index (χ4n) is 2.17. The lowest BCUT2D eigenvalue weighted by Gasteiger charge is -2.09. The van der Waals surface area contributed by atoms with Gasteiger partial charge in [0.2, 0.25) is 12.7 Å². The summed E-state index contributed by atoms with van der Waals surface area (Å²) in [7, 11) is 0. The number of anilines is 1. The molecule has 0 aliphatic carbocycles. The lowest BCUT2D eigenvalue weighted by atomic mass is 10.1. The van der Waals surface area contributed by atoms with E-state index in [1.54, 1.807) is 6.20 Å². The van der Waals surface area contributed by atoms with Gasteiger partial charge in [-0.3, -0.25) is 4.79 Å². The number of pyridine rings is 1. The molecule has 1 amide bonds. The van der Waals surface area contributed by atoms with E-state index in [-0.39, 0.29) is 12.7 Å². The van der Waals surface area contributed by atoms with Crippen LogP contribution in [-0.4, -0.2) is 24.2 Å². The third-order valence-electron chi connectivity index (χ3n) is 3.15. The molecule has 1 aromatic carbocycles. The first kappa shape index (κ1) is 12.5. The number of nitrogens with one attached hydrogen (secondary N) is 1. The number of ether oxygens (including phenoxy) is 2.